The van der Waals surface area contributed by atoms with Crippen LogP contribution in [-0.4, -0.2) is 33.4 Å². The van der Waals surface area contributed by atoms with Gasteiger partial charge in [0.2, 0.25) is 10.0 Å². The van der Waals surface area contributed by atoms with Gasteiger partial charge in [0.25, 0.3) is 0 Å². The van der Waals surface area contributed by atoms with E-state index in [0.29, 0.717) is 11.3 Å². The highest BCUT2D eigenvalue weighted by Gasteiger charge is 2.27. The molecule has 0 bridgehead atoms. The third-order valence-electron chi connectivity index (χ3n) is 3.82. The van der Waals surface area contributed by atoms with E-state index in [1.807, 2.05) is 18.2 Å². The van der Waals surface area contributed by atoms with Gasteiger partial charge in [-0.2, -0.15) is 0 Å². The van der Waals surface area contributed by atoms with Gasteiger partial charge in [-0.1, -0.05) is 30.0 Å². The fraction of sp³-hybridized carbons (Fsp3) is 0.235. The summed E-state index contributed by atoms with van der Waals surface area (Å²) in [5.74, 6) is 1.51. The Hall–Kier alpha value is -1.81. The number of hydrogen-bond donors (Lipinski definition) is 1. The molecule has 26 heavy (non-hydrogen) atoms. The van der Waals surface area contributed by atoms with Crippen molar-refractivity contribution in [1.29, 1.82) is 0 Å². The van der Waals surface area contributed by atoms with E-state index < -0.39 is 15.3 Å². The van der Waals surface area contributed by atoms with Crippen molar-refractivity contribution >= 4 is 43.3 Å². The van der Waals surface area contributed by atoms with Crippen LogP contribution in [-0.2, 0) is 10.0 Å². The smallest absolute Gasteiger partial charge is 0.217 e. The summed E-state index contributed by atoms with van der Waals surface area (Å²) in [6.07, 6.45) is 0. The lowest BCUT2D eigenvalue weighted by Crippen LogP contribution is -2.24. The Kier molecular flexibility index (Phi) is 5.71. The van der Waals surface area contributed by atoms with Crippen molar-refractivity contribution in [3.63, 3.8) is 0 Å². The molecule has 138 valence electrons. The number of methoxy groups -OCH3 is 2. The van der Waals surface area contributed by atoms with Crippen LogP contribution >= 0.6 is 23.1 Å². The second-order valence-corrected chi connectivity index (χ2v) is 9.49. The first-order valence-electron chi connectivity index (χ1n) is 7.64. The first kappa shape index (κ1) is 19.0. The molecular weight excluding hydrogens is 392 g/mol. The molecule has 0 saturated carbocycles. The van der Waals surface area contributed by atoms with Gasteiger partial charge in [-0.05, 0) is 24.3 Å². The van der Waals surface area contributed by atoms with Crippen molar-refractivity contribution in [3.05, 3.63) is 48.0 Å². The molecule has 0 aliphatic heterocycles. The molecule has 1 unspecified atom stereocenters. The average Bonchev–Trinajstić information content (AvgIpc) is 3.02. The fourth-order valence-electron chi connectivity index (χ4n) is 2.51. The summed E-state index contributed by atoms with van der Waals surface area (Å²) in [4.78, 5) is 4.54. The number of fused-ring (bicyclic) bond motifs is 1. The van der Waals surface area contributed by atoms with Crippen molar-refractivity contribution in [3.8, 4) is 11.5 Å². The summed E-state index contributed by atoms with van der Waals surface area (Å²) in [5, 5.41) is 4.60. The lowest BCUT2D eigenvalue weighted by molar-refractivity contribution is 0.409. The second kappa shape index (κ2) is 7.83. The molecule has 0 fully saturated rings. The summed E-state index contributed by atoms with van der Waals surface area (Å²) in [5.41, 5.74) is 1.40. The van der Waals surface area contributed by atoms with Gasteiger partial charge in [-0.3, -0.25) is 0 Å². The lowest BCUT2D eigenvalue weighted by atomic mass is 10.1. The molecule has 1 atom stereocenters. The first-order chi connectivity index (χ1) is 12.4. The van der Waals surface area contributed by atoms with E-state index in [4.69, 9.17) is 14.6 Å². The molecule has 0 aliphatic rings. The number of nitrogens with two attached hydrogens (primary N) is 1. The molecule has 1 heterocycles. The number of hydrogen-bond acceptors (Lipinski definition) is 7. The Morgan fingerprint density at radius 2 is 1.96 bits per heavy atom. The zero-order valence-corrected chi connectivity index (χ0v) is 16.7. The quantitative estimate of drug-likeness (QED) is 0.600. The van der Waals surface area contributed by atoms with Gasteiger partial charge >= 0.3 is 0 Å². The molecule has 2 aromatic carbocycles. The predicted molar refractivity (Wildman–Crippen MR) is 106 cm³/mol. The second-order valence-electron chi connectivity index (χ2n) is 5.44. The van der Waals surface area contributed by atoms with Crippen LogP contribution in [0.1, 0.15) is 10.8 Å². The normalized spacial score (nSPS) is 12.9. The summed E-state index contributed by atoms with van der Waals surface area (Å²) in [7, 11) is -0.685. The van der Waals surface area contributed by atoms with E-state index in [1.165, 1.54) is 30.2 Å². The first-order valence-corrected chi connectivity index (χ1v) is 11.1. The Morgan fingerprint density at radius 1 is 1.19 bits per heavy atom. The highest BCUT2D eigenvalue weighted by atomic mass is 32.2. The number of aromatic nitrogens is 1. The standard InChI is InChI=1S/C17H18N2O4S3/c1-22-11-7-8-13-15(9-11)25-17(19-13)24-10-16(26(18,20)21)12-5-3-4-6-14(12)23-2/h3-9,16H,10H2,1-2H3,(H2,18,20,21). The predicted octanol–water partition coefficient (Wildman–Crippen LogP) is 3.44. The monoisotopic (exact) mass is 410 g/mol. The number of ether oxygens (including phenoxy) is 2. The number of benzene rings is 2. The topological polar surface area (TPSA) is 91.5 Å². The van der Waals surface area contributed by atoms with E-state index in [1.54, 1.807) is 31.4 Å². The molecule has 6 nitrogen and oxygen atoms in total. The van der Waals surface area contributed by atoms with E-state index in [9.17, 15) is 8.42 Å². The van der Waals surface area contributed by atoms with Crippen molar-refractivity contribution in [2.24, 2.45) is 5.14 Å². The van der Waals surface area contributed by atoms with Gasteiger partial charge in [0.1, 0.15) is 16.7 Å². The Balaban J connectivity index is 1.87. The molecule has 0 spiro atoms. The number of sulfonamides is 1. The molecule has 2 N–H and O–H groups in total. The largest absolute Gasteiger partial charge is 0.497 e. The highest BCUT2D eigenvalue weighted by molar-refractivity contribution is 8.02. The molecule has 3 aromatic rings. The Bertz CT molecular complexity index is 1020. The van der Waals surface area contributed by atoms with E-state index in [-0.39, 0.29) is 5.75 Å². The minimum absolute atomic E-state index is 0.246. The van der Waals surface area contributed by atoms with E-state index >= 15 is 0 Å². The zero-order chi connectivity index (χ0) is 18.7. The summed E-state index contributed by atoms with van der Waals surface area (Å²) in [6.45, 7) is 0. The van der Waals surface area contributed by atoms with Gasteiger partial charge < -0.3 is 9.47 Å². The van der Waals surface area contributed by atoms with Crippen molar-refractivity contribution < 1.29 is 17.9 Å². The number of thiazole rings is 1. The van der Waals surface area contributed by atoms with E-state index in [2.05, 4.69) is 4.98 Å². The molecule has 3 rings (SSSR count). The van der Waals surface area contributed by atoms with Crippen molar-refractivity contribution in [1.82, 2.24) is 4.98 Å². The molecular formula is C17H18N2O4S3. The van der Waals surface area contributed by atoms with Crippen LogP contribution in [0, 0.1) is 0 Å². The maximum atomic E-state index is 12.2. The van der Waals surface area contributed by atoms with Crippen LogP contribution in [0.4, 0.5) is 0 Å². The van der Waals surface area contributed by atoms with Gasteiger partial charge in [0.05, 0.1) is 24.4 Å². The number of thioether (sulfide) groups is 1. The van der Waals surface area contributed by atoms with Gasteiger partial charge in [0, 0.05) is 11.3 Å². The third kappa shape index (κ3) is 4.12. The summed E-state index contributed by atoms with van der Waals surface area (Å²) < 4.78 is 36.6. The van der Waals surface area contributed by atoms with Crippen LogP contribution < -0.4 is 14.6 Å². The minimum atomic E-state index is -3.81. The third-order valence-corrected chi connectivity index (χ3v) is 7.50. The Labute approximate surface area is 160 Å². The number of nitrogens with zero attached hydrogens (tertiary/aromatic N) is 1. The number of primary sulfonamides is 1. The van der Waals surface area contributed by atoms with Crippen LogP contribution in [0.3, 0.4) is 0 Å². The van der Waals surface area contributed by atoms with Crippen LogP contribution in [0.2, 0.25) is 0 Å². The van der Waals surface area contributed by atoms with Gasteiger partial charge in [-0.15, -0.1) is 11.3 Å². The highest BCUT2D eigenvalue weighted by Crippen LogP contribution is 2.37. The minimum Gasteiger partial charge on any atom is -0.497 e. The maximum Gasteiger partial charge on any atom is 0.217 e. The number of rotatable bonds is 7. The molecule has 0 saturated heterocycles. The van der Waals surface area contributed by atoms with Crippen molar-refractivity contribution in [2.75, 3.05) is 20.0 Å². The van der Waals surface area contributed by atoms with Gasteiger partial charge in [-0.25, -0.2) is 18.5 Å². The van der Waals surface area contributed by atoms with E-state index in [0.717, 1.165) is 20.3 Å². The average molecular weight is 411 g/mol. The van der Waals surface area contributed by atoms with Crippen LogP contribution in [0.25, 0.3) is 10.2 Å². The SMILES string of the molecule is COc1ccc2nc(SCC(c3ccccc3OC)S(N)(=O)=O)sc2c1. The molecule has 9 heteroatoms. The molecule has 0 amide bonds. The Morgan fingerprint density at radius 3 is 2.65 bits per heavy atom. The summed E-state index contributed by atoms with van der Waals surface area (Å²) in [6, 6.07) is 12.6. The molecule has 0 radical (unpaired) electrons. The van der Waals surface area contributed by atoms with Crippen LogP contribution in [0.15, 0.2) is 46.8 Å². The lowest BCUT2D eigenvalue weighted by Gasteiger charge is -2.17. The number of para-hydroxylation sites is 1. The fourth-order valence-corrected chi connectivity index (χ4v) is 6.10. The zero-order valence-electron chi connectivity index (χ0n) is 14.2. The van der Waals surface area contributed by atoms with Crippen LogP contribution in [0.5, 0.6) is 11.5 Å². The summed E-state index contributed by atoms with van der Waals surface area (Å²) >= 11 is 2.85. The molecule has 1 aromatic heterocycles. The maximum absolute atomic E-state index is 12.2. The molecule has 0 aliphatic carbocycles. The van der Waals surface area contributed by atoms with Crippen molar-refractivity contribution in [2.45, 2.75) is 9.59 Å². The van der Waals surface area contributed by atoms with Gasteiger partial charge in [0.15, 0.2) is 4.34 Å².